The van der Waals surface area contributed by atoms with Crippen LogP contribution in [0.25, 0.3) is 11.1 Å². The van der Waals surface area contributed by atoms with E-state index < -0.39 is 11.8 Å². The van der Waals surface area contributed by atoms with Crippen molar-refractivity contribution in [3.63, 3.8) is 0 Å². The molecule has 9 heteroatoms. The Labute approximate surface area is 222 Å². The Bertz CT molecular complexity index is 1320. The van der Waals surface area contributed by atoms with E-state index in [1.165, 1.54) is 0 Å². The smallest absolute Gasteiger partial charge is 0.340 e. The van der Waals surface area contributed by atoms with Gasteiger partial charge in [0.1, 0.15) is 11.1 Å². The SMILES string of the molecule is CNc1ccc2oc(C[C@H]3O[C@]4(CC[C@H]3C)O[C@H]([C@H](C)C(=O)c3ccc[nH]3)[C@H](C)C[C@H]4C)nc2c1C(=O)O. The average molecular weight is 524 g/mol. The van der Waals surface area contributed by atoms with Crippen molar-refractivity contribution in [3.05, 3.63) is 47.6 Å². The highest BCUT2D eigenvalue weighted by Crippen LogP contribution is 2.48. The first-order valence-corrected chi connectivity index (χ1v) is 13.5. The first-order chi connectivity index (χ1) is 18.1. The first-order valence-electron chi connectivity index (χ1n) is 13.5. The molecule has 0 unspecified atom stereocenters. The second-order valence-corrected chi connectivity index (χ2v) is 11.1. The second-order valence-electron chi connectivity index (χ2n) is 11.1. The quantitative estimate of drug-likeness (QED) is 0.345. The summed E-state index contributed by atoms with van der Waals surface area (Å²) in [5, 5.41) is 12.7. The number of aromatic carboxylic acids is 1. The fourth-order valence-corrected chi connectivity index (χ4v) is 6.27. The molecule has 0 radical (unpaired) electrons. The molecular weight excluding hydrogens is 486 g/mol. The molecule has 3 aromatic rings. The number of Topliss-reactive ketones (excluding diaryl/α,β-unsaturated/α-hetero) is 1. The van der Waals surface area contributed by atoms with Crippen LogP contribution in [0, 0.1) is 23.7 Å². The van der Waals surface area contributed by atoms with E-state index in [4.69, 9.17) is 13.9 Å². The number of carbonyl (C=O) groups is 2. The van der Waals surface area contributed by atoms with Gasteiger partial charge in [-0.25, -0.2) is 9.78 Å². The molecule has 2 aliphatic rings. The number of ether oxygens (including phenoxy) is 2. The number of H-pyrrole nitrogens is 1. The third-order valence-corrected chi connectivity index (χ3v) is 8.54. The van der Waals surface area contributed by atoms with Crippen LogP contribution in [0.2, 0.25) is 0 Å². The van der Waals surface area contributed by atoms with Crippen LogP contribution in [0.3, 0.4) is 0 Å². The number of nitrogens with zero attached hydrogens (tertiary/aromatic N) is 1. The Morgan fingerprint density at radius 2 is 2.00 bits per heavy atom. The van der Waals surface area contributed by atoms with E-state index in [1.54, 1.807) is 31.4 Å². The van der Waals surface area contributed by atoms with Gasteiger partial charge in [-0.1, -0.05) is 27.7 Å². The number of hydrogen-bond donors (Lipinski definition) is 3. The molecule has 0 saturated carbocycles. The number of carboxylic acids is 1. The van der Waals surface area contributed by atoms with Gasteiger partial charge in [0, 0.05) is 31.5 Å². The Balaban J connectivity index is 1.39. The van der Waals surface area contributed by atoms with Gasteiger partial charge in [0.15, 0.2) is 23.0 Å². The Morgan fingerprint density at radius 1 is 1.21 bits per heavy atom. The molecule has 0 amide bonds. The number of aromatic amines is 1. The van der Waals surface area contributed by atoms with Crippen LogP contribution in [-0.2, 0) is 15.9 Å². The maximum Gasteiger partial charge on any atom is 0.340 e. The zero-order valence-electron chi connectivity index (χ0n) is 22.6. The van der Waals surface area contributed by atoms with Crippen molar-refractivity contribution in [2.45, 2.75) is 71.4 Å². The maximum atomic E-state index is 13.1. The minimum atomic E-state index is -1.06. The summed E-state index contributed by atoms with van der Waals surface area (Å²) < 4.78 is 19.6. The fraction of sp³-hybridized carbons (Fsp3) is 0.552. The van der Waals surface area contributed by atoms with E-state index in [1.807, 2.05) is 13.0 Å². The van der Waals surface area contributed by atoms with Crippen LogP contribution >= 0.6 is 0 Å². The lowest BCUT2D eigenvalue weighted by Crippen LogP contribution is -2.58. The number of carbonyl (C=O) groups excluding carboxylic acids is 1. The lowest BCUT2D eigenvalue weighted by Gasteiger charge is -2.53. The fourth-order valence-electron chi connectivity index (χ4n) is 6.27. The normalized spacial score (nSPS) is 30.4. The van der Waals surface area contributed by atoms with Crippen molar-refractivity contribution in [1.82, 2.24) is 9.97 Å². The first kappa shape index (κ1) is 26.4. The van der Waals surface area contributed by atoms with Gasteiger partial charge in [0.05, 0.1) is 30.0 Å². The molecule has 4 heterocycles. The Morgan fingerprint density at radius 3 is 2.68 bits per heavy atom. The minimum absolute atomic E-state index is 0.0407. The lowest BCUT2D eigenvalue weighted by molar-refractivity contribution is -0.355. The average Bonchev–Trinajstić information content (AvgIpc) is 3.57. The van der Waals surface area contributed by atoms with Crippen LogP contribution in [0.1, 0.15) is 73.7 Å². The number of oxazole rings is 1. The van der Waals surface area contributed by atoms with Gasteiger partial charge < -0.3 is 29.3 Å². The number of fused-ring (bicyclic) bond motifs is 1. The highest BCUT2D eigenvalue weighted by molar-refractivity contribution is 6.06. The molecule has 1 spiro atoms. The molecule has 7 atom stereocenters. The van der Waals surface area contributed by atoms with Crippen LogP contribution in [0.15, 0.2) is 34.9 Å². The molecule has 2 aliphatic heterocycles. The van der Waals surface area contributed by atoms with E-state index in [9.17, 15) is 14.7 Å². The molecule has 3 N–H and O–H groups in total. The molecule has 38 heavy (non-hydrogen) atoms. The molecule has 0 bridgehead atoms. The highest BCUT2D eigenvalue weighted by atomic mass is 16.7. The van der Waals surface area contributed by atoms with Gasteiger partial charge in [-0.2, -0.15) is 0 Å². The van der Waals surface area contributed by atoms with Crippen LogP contribution in [0.4, 0.5) is 5.69 Å². The van der Waals surface area contributed by atoms with Gasteiger partial charge in [-0.3, -0.25) is 4.79 Å². The number of nitrogens with one attached hydrogen (secondary N) is 2. The molecule has 5 rings (SSSR count). The van der Waals surface area contributed by atoms with Gasteiger partial charge in [0.2, 0.25) is 0 Å². The maximum absolute atomic E-state index is 13.1. The third-order valence-electron chi connectivity index (χ3n) is 8.54. The Kier molecular flexibility index (Phi) is 7.09. The van der Waals surface area contributed by atoms with Gasteiger partial charge >= 0.3 is 5.97 Å². The minimum Gasteiger partial charge on any atom is -0.478 e. The topological polar surface area (TPSA) is 127 Å². The standard InChI is InChI=1S/C29H37N3O6/c1-15-10-11-29(17(3)13-16(2)27(38-29)18(4)26(33)20-7-6-12-31-20)37-22(15)14-23-32-25-21(36-23)9-8-19(30-5)24(25)28(34)35/h6-9,12,15-18,22,27,30-31H,10-11,13-14H2,1-5H3,(H,34,35)/t15-,16-,17-,18-,22-,27+,29-/m1/s1. The number of rotatable bonds is 7. The molecular formula is C29H37N3O6. The molecule has 0 aliphatic carbocycles. The van der Waals surface area contributed by atoms with Crippen molar-refractivity contribution in [2.24, 2.45) is 23.7 Å². The van der Waals surface area contributed by atoms with Crippen molar-refractivity contribution in [1.29, 1.82) is 0 Å². The van der Waals surface area contributed by atoms with E-state index >= 15 is 0 Å². The lowest BCUT2D eigenvalue weighted by atomic mass is 9.75. The number of ketones is 1. The summed E-state index contributed by atoms with van der Waals surface area (Å²) in [6.07, 6.45) is 4.22. The van der Waals surface area contributed by atoms with E-state index in [0.717, 1.165) is 19.3 Å². The molecule has 9 nitrogen and oxygen atoms in total. The predicted molar refractivity (Wildman–Crippen MR) is 142 cm³/mol. The van der Waals surface area contributed by atoms with E-state index in [-0.39, 0.29) is 47.2 Å². The Hall–Kier alpha value is -3.17. The predicted octanol–water partition coefficient (Wildman–Crippen LogP) is 5.53. The number of hydrogen-bond acceptors (Lipinski definition) is 7. The van der Waals surface area contributed by atoms with E-state index in [2.05, 4.69) is 36.1 Å². The summed E-state index contributed by atoms with van der Waals surface area (Å²) in [5.74, 6) is -1.11. The summed E-state index contributed by atoms with van der Waals surface area (Å²) >= 11 is 0. The number of anilines is 1. The van der Waals surface area contributed by atoms with Gasteiger partial charge in [0.25, 0.3) is 0 Å². The molecule has 204 valence electrons. The highest BCUT2D eigenvalue weighted by Gasteiger charge is 2.52. The molecule has 2 saturated heterocycles. The second kappa shape index (κ2) is 10.2. The summed E-state index contributed by atoms with van der Waals surface area (Å²) in [5.41, 5.74) is 1.93. The molecule has 1 aromatic carbocycles. The zero-order chi connectivity index (χ0) is 27.2. The third kappa shape index (κ3) is 4.62. The van der Waals surface area contributed by atoms with Crippen LogP contribution in [0.5, 0.6) is 0 Å². The number of carboxylic acid groups (broad SMARTS) is 1. The summed E-state index contributed by atoms with van der Waals surface area (Å²) in [6.45, 7) is 8.39. The van der Waals surface area contributed by atoms with Crippen molar-refractivity contribution < 1.29 is 28.6 Å². The number of benzene rings is 1. The molecule has 2 fully saturated rings. The van der Waals surface area contributed by atoms with Crippen LogP contribution < -0.4 is 5.32 Å². The van der Waals surface area contributed by atoms with Crippen molar-refractivity contribution in [2.75, 3.05) is 12.4 Å². The van der Waals surface area contributed by atoms with E-state index in [0.29, 0.717) is 34.8 Å². The zero-order valence-corrected chi connectivity index (χ0v) is 22.6. The largest absolute Gasteiger partial charge is 0.478 e. The summed E-state index contributed by atoms with van der Waals surface area (Å²) in [6, 6.07) is 7.05. The van der Waals surface area contributed by atoms with Crippen molar-refractivity contribution >= 4 is 28.5 Å². The van der Waals surface area contributed by atoms with Gasteiger partial charge in [-0.15, -0.1) is 0 Å². The van der Waals surface area contributed by atoms with Crippen LogP contribution in [-0.4, -0.2) is 51.9 Å². The van der Waals surface area contributed by atoms with Crippen molar-refractivity contribution in [3.8, 4) is 0 Å². The summed E-state index contributed by atoms with van der Waals surface area (Å²) in [7, 11) is 1.68. The monoisotopic (exact) mass is 523 g/mol. The van der Waals surface area contributed by atoms with Gasteiger partial charge in [-0.05, 0) is 48.9 Å². The molecule has 2 aromatic heterocycles. The summed E-state index contributed by atoms with van der Waals surface area (Å²) in [4.78, 5) is 32.7. The number of aromatic nitrogens is 2.